The van der Waals surface area contributed by atoms with Crippen molar-refractivity contribution in [3.63, 3.8) is 0 Å². The molecule has 0 bridgehead atoms. The molecule has 2 heterocycles. The molecule has 0 fully saturated rings. The zero-order valence-corrected chi connectivity index (χ0v) is 17.2. The molecule has 0 saturated carbocycles. The number of nitrogens with zero attached hydrogens (tertiary/aromatic N) is 3. The standard InChI is InChI=1S/C25H25N3/c1-24(2,3)14-15-8-6-11-19-21(15)28-23-22(27-19)16-12-13-26-18-10-7-9-17(20(16)18)25(23,4)5/h6-13H,14H2,1-5H3. The van der Waals surface area contributed by atoms with Gasteiger partial charge in [-0.25, -0.2) is 9.97 Å². The summed E-state index contributed by atoms with van der Waals surface area (Å²) in [5, 5.41) is 1.21. The lowest BCUT2D eigenvalue weighted by atomic mass is 9.73. The van der Waals surface area contributed by atoms with E-state index in [2.05, 4.69) is 82.1 Å². The molecule has 0 atom stereocenters. The van der Waals surface area contributed by atoms with Crippen LogP contribution in [0, 0.1) is 5.41 Å². The van der Waals surface area contributed by atoms with Crippen molar-refractivity contribution in [3.05, 3.63) is 65.5 Å². The van der Waals surface area contributed by atoms with Crippen molar-refractivity contribution in [2.45, 2.75) is 46.5 Å². The molecule has 0 N–H and O–H groups in total. The lowest BCUT2D eigenvalue weighted by Crippen LogP contribution is -2.26. The highest BCUT2D eigenvalue weighted by atomic mass is 14.9. The van der Waals surface area contributed by atoms with Crippen molar-refractivity contribution in [3.8, 4) is 11.3 Å². The summed E-state index contributed by atoms with van der Waals surface area (Å²) in [5.74, 6) is 0. The first kappa shape index (κ1) is 17.3. The highest BCUT2D eigenvalue weighted by Crippen LogP contribution is 2.47. The number of hydrogen-bond donors (Lipinski definition) is 0. The van der Waals surface area contributed by atoms with Crippen LogP contribution in [0.25, 0.3) is 33.2 Å². The Bertz CT molecular complexity index is 1240. The molecular weight excluding hydrogens is 342 g/mol. The summed E-state index contributed by atoms with van der Waals surface area (Å²) >= 11 is 0. The van der Waals surface area contributed by atoms with Crippen LogP contribution in [0.2, 0.25) is 0 Å². The Morgan fingerprint density at radius 3 is 2.43 bits per heavy atom. The van der Waals surface area contributed by atoms with Crippen LogP contribution in [0.15, 0.2) is 48.7 Å². The third kappa shape index (κ3) is 2.46. The van der Waals surface area contributed by atoms with Crippen LogP contribution in [0.5, 0.6) is 0 Å². The SMILES string of the molecule is CC(C)(C)Cc1cccc2nc3c(nc12)C(C)(C)c1cccc2nccc-3c12. The number of benzene rings is 2. The first-order chi connectivity index (χ1) is 13.3. The monoisotopic (exact) mass is 367 g/mol. The molecule has 0 amide bonds. The number of para-hydroxylation sites is 1. The predicted octanol–water partition coefficient (Wildman–Crippen LogP) is 6.07. The van der Waals surface area contributed by atoms with Gasteiger partial charge in [-0.2, -0.15) is 0 Å². The molecule has 0 saturated heterocycles. The van der Waals surface area contributed by atoms with E-state index in [9.17, 15) is 0 Å². The van der Waals surface area contributed by atoms with Gasteiger partial charge in [0.1, 0.15) is 0 Å². The molecule has 2 aromatic heterocycles. The summed E-state index contributed by atoms with van der Waals surface area (Å²) in [5.41, 5.74) is 8.77. The lowest BCUT2D eigenvalue weighted by molar-refractivity contribution is 0.412. The first-order valence-electron chi connectivity index (χ1n) is 9.94. The molecule has 28 heavy (non-hydrogen) atoms. The fourth-order valence-electron chi connectivity index (χ4n) is 4.52. The summed E-state index contributed by atoms with van der Waals surface area (Å²) in [6, 6.07) is 14.9. The van der Waals surface area contributed by atoms with E-state index in [-0.39, 0.29) is 10.8 Å². The summed E-state index contributed by atoms with van der Waals surface area (Å²) in [7, 11) is 0. The Morgan fingerprint density at radius 1 is 0.893 bits per heavy atom. The number of rotatable bonds is 1. The maximum absolute atomic E-state index is 5.26. The van der Waals surface area contributed by atoms with Crippen LogP contribution in [-0.4, -0.2) is 15.0 Å². The van der Waals surface area contributed by atoms with E-state index in [1.807, 2.05) is 6.20 Å². The van der Waals surface area contributed by atoms with Gasteiger partial charge < -0.3 is 0 Å². The third-order valence-electron chi connectivity index (χ3n) is 5.79. The van der Waals surface area contributed by atoms with Crippen molar-refractivity contribution < 1.29 is 0 Å². The van der Waals surface area contributed by atoms with Gasteiger partial charge in [-0.1, -0.05) is 58.9 Å². The van der Waals surface area contributed by atoms with Gasteiger partial charge in [0.05, 0.1) is 27.9 Å². The van der Waals surface area contributed by atoms with E-state index in [1.165, 1.54) is 16.5 Å². The zero-order chi connectivity index (χ0) is 19.7. The number of aromatic nitrogens is 3. The summed E-state index contributed by atoms with van der Waals surface area (Å²) in [6.45, 7) is 11.3. The molecule has 0 spiro atoms. The van der Waals surface area contributed by atoms with E-state index >= 15 is 0 Å². The molecule has 2 aromatic carbocycles. The Labute approximate surface area is 165 Å². The number of pyridine rings is 1. The van der Waals surface area contributed by atoms with E-state index in [4.69, 9.17) is 9.97 Å². The van der Waals surface area contributed by atoms with Gasteiger partial charge in [-0.3, -0.25) is 4.98 Å². The second kappa shape index (κ2) is 5.60. The largest absolute Gasteiger partial charge is 0.256 e. The Kier molecular flexibility index (Phi) is 3.46. The minimum atomic E-state index is -0.221. The van der Waals surface area contributed by atoms with Gasteiger partial charge in [0.2, 0.25) is 0 Å². The molecule has 4 aromatic rings. The van der Waals surface area contributed by atoms with E-state index in [0.717, 1.165) is 39.9 Å². The molecular formula is C25H25N3. The lowest BCUT2D eigenvalue weighted by Gasteiger charge is -2.33. The maximum atomic E-state index is 5.26. The second-order valence-electron chi connectivity index (χ2n) is 9.63. The molecule has 1 aliphatic rings. The summed E-state index contributed by atoms with van der Waals surface area (Å²) in [6.07, 6.45) is 2.86. The van der Waals surface area contributed by atoms with E-state index in [0.29, 0.717) is 0 Å². The van der Waals surface area contributed by atoms with Crippen molar-refractivity contribution in [2.75, 3.05) is 0 Å². The quantitative estimate of drug-likeness (QED) is 0.410. The van der Waals surface area contributed by atoms with E-state index in [1.54, 1.807) is 0 Å². The van der Waals surface area contributed by atoms with Crippen LogP contribution in [0.3, 0.4) is 0 Å². The average Bonchev–Trinajstić information content (AvgIpc) is 2.64. The van der Waals surface area contributed by atoms with Crippen LogP contribution in [0.1, 0.15) is 51.4 Å². The molecule has 3 nitrogen and oxygen atoms in total. The third-order valence-corrected chi connectivity index (χ3v) is 5.79. The van der Waals surface area contributed by atoms with Crippen LogP contribution in [0.4, 0.5) is 0 Å². The van der Waals surface area contributed by atoms with Gasteiger partial charge in [0.25, 0.3) is 0 Å². The fraction of sp³-hybridized carbons (Fsp3) is 0.320. The topological polar surface area (TPSA) is 38.7 Å². The normalized spacial score (nSPS) is 15.0. The molecule has 0 unspecified atom stereocenters. The molecule has 5 rings (SSSR count). The molecule has 1 aliphatic carbocycles. The van der Waals surface area contributed by atoms with Gasteiger partial charge in [0.15, 0.2) is 0 Å². The van der Waals surface area contributed by atoms with Crippen molar-refractivity contribution >= 4 is 21.9 Å². The van der Waals surface area contributed by atoms with Crippen molar-refractivity contribution in [1.29, 1.82) is 0 Å². The molecule has 0 radical (unpaired) electrons. The second-order valence-corrected chi connectivity index (χ2v) is 9.63. The smallest absolute Gasteiger partial charge is 0.0941 e. The van der Waals surface area contributed by atoms with Crippen molar-refractivity contribution in [2.24, 2.45) is 5.41 Å². The predicted molar refractivity (Wildman–Crippen MR) is 116 cm³/mol. The molecule has 3 heteroatoms. The average molecular weight is 367 g/mol. The Morgan fingerprint density at radius 2 is 1.64 bits per heavy atom. The minimum Gasteiger partial charge on any atom is -0.256 e. The van der Waals surface area contributed by atoms with Gasteiger partial charge in [-0.15, -0.1) is 0 Å². The fourth-order valence-corrected chi connectivity index (χ4v) is 4.52. The van der Waals surface area contributed by atoms with E-state index < -0.39 is 0 Å². The van der Waals surface area contributed by atoms with Crippen LogP contribution in [-0.2, 0) is 11.8 Å². The van der Waals surface area contributed by atoms with Crippen LogP contribution >= 0.6 is 0 Å². The molecule has 0 aliphatic heterocycles. The Balaban J connectivity index is 1.87. The highest BCUT2D eigenvalue weighted by Gasteiger charge is 2.36. The summed E-state index contributed by atoms with van der Waals surface area (Å²) < 4.78 is 0. The zero-order valence-electron chi connectivity index (χ0n) is 17.2. The van der Waals surface area contributed by atoms with Gasteiger partial charge in [0, 0.05) is 22.6 Å². The first-order valence-corrected chi connectivity index (χ1v) is 9.94. The minimum absolute atomic E-state index is 0.200. The van der Waals surface area contributed by atoms with Crippen molar-refractivity contribution in [1.82, 2.24) is 15.0 Å². The highest BCUT2D eigenvalue weighted by molar-refractivity contribution is 6.01. The van der Waals surface area contributed by atoms with Gasteiger partial charge >= 0.3 is 0 Å². The van der Waals surface area contributed by atoms with Gasteiger partial charge in [-0.05, 0) is 41.2 Å². The van der Waals surface area contributed by atoms with Crippen LogP contribution < -0.4 is 0 Å². The Hall–Kier alpha value is -2.81. The number of fused-ring (bicyclic) bond motifs is 3. The number of hydrogen-bond acceptors (Lipinski definition) is 3. The summed E-state index contributed by atoms with van der Waals surface area (Å²) in [4.78, 5) is 15.0. The maximum Gasteiger partial charge on any atom is 0.0941 e. The molecule has 140 valence electrons.